The number of alkyl halides is 2. The van der Waals surface area contributed by atoms with E-state index < -0.39 is 0 Å². The van der Waals surface area contributed by atoms with Gasteiger partial charge in [-0.3, -0.25) is 9.97 Å². The van der Waals surface area contributed by atoms with Crippen molar-refractivity contribution in [2.24, 2.45) is 7.05 Å². The number of fused-ring (bicyclic) bond motifs is 1. The number of rotatable bonds is 7. The van der Waals surface area contributed by atoms with E-state index in [1.165, 1.54) is 15.2 Å². The molecule has 0 unspecified atom stereocenters. The third-order valence-corrected chi connectivity index (χ3v) is 8.80. The van der Waals surface area contributed by atoms with Gasteiger partial charge in [0.2, 0.25) is 5.52 Å². The number of aromatic nitrogens is 3. The summed E-state index contributed by atoms with van der Waals surface area (Å²) in [5, 5.41) is 1.41. The summed E-state index contributed by atoms with van der Waals surface area (Å²) in [5.74, 6) is 0. The van der Waals surface area contributed by atoms with Gasteiger partial charge in [0, 0.05) is 54.0 Å². The minimum absolute atomic E-state index is 0. The summed E-state index contributed by atoms with van der Waals surface area (Å²) < 4.78 is 3.54. The van der Waals surface area contributed by atoms with Crippen LogP contribution in [0.1, 0.15) is 10.6 Å². The van der Waals surface area contributed by atoms with Crippen molar-refractivity contribution in [1.29, 1.82) is 0 Å². The van der Waals surface area contributed by atoms with Gasteiger partial charge < -0.3 is 28.9 Å². The summed E-state index contributed by atoms with van der Waals surface area (Å²) in [4.78, 5) is 10.6. The number of hydrogen-bond acceptors (Lipinski definition) is 4. The third-order valence-electron chi connectivity index (χ3n) is 7.62. The summed E-state index contributed by atoms with van der Waals surface area (Å²) in [5.41, 5.74) is 10.3. The highest BCUT2D eigenvalue weighted by molar-refractivity contribution is 7.18. The number of aryl methyl sites for hydroxylation is 1. The van der Waals surface area contributed by atoms with E-state index in [0.29, 0.717) is 0 Å². The van der Waals surface area contributed by atoms with Gasteiger partial charge >= 0.3 is 0 Å². The van der Waals surface area contributed by atoms with Crippen molar-refractivity contribution in [1.82, 2.24) is 9.97 Å². The molecule has 47 heavy (non-hydrogen) atoms. The molecule has 0 aliphatic carbocycles. The number of thiazole rings is 1. The first-order valence-corrected chi connectivity index (χ1v) is 16.6. The van der Waals surface area contributed by atoms with Crippen LogP contribution in [0.15, 0.2) is 146 Å². The Morgan fingerprint density at radius 1 is 0.596 bits per heavy atom. The van der Waals surface area contributed by atoms with Gasteiger partial charge in [0.15, 0.2) is 0 Å². The van der Waals surface area contributed by atoms with Crippen LogP contribution in [0.5, 0.6) is 0 Å². The van der Waals surface area contributed by atoms with Crippen LogP contribution in [-0.4, -0.2) is 15.3 Å². The van der Waals surface area contributed by atoms with Gasteiger partial charge in [0.1, 0.15) is 11.7 Å². The first kappa shape index (κ1) is 34.3. The lowest BCUT2D eigenvalue weighted by Gasteiger charge is -2.26. The molecule has 0 saturated heterocycles. The quantitative estimate of drug-likeness (QED) is 0.0937. The van der Waals surface area contributed by atoms with Gasteiger partial charge in [-0.15, -0.1) is 23.2 Å². The molecule has 4 nitrogen and oxygen atoms in total. The third kappa shape index (κ3) is 8.26. The molecule has 0 atom stereocenters. The zero-order chi connectivity index (χ0) is 31.7. The van der Waals surface area contributed by atoms with Crippen molar-refractivity contribution in [2.45, 2.75) is 0 Å². The van der Waals surface area contributed by atoms with Crippen LogP contribution in [0, 0.1) is 0 Å². The number of hydrogen-bond donors (Lipinski definition) is 0. The Hall–Kier alpha value is -4.08. The molecule has 0 aliphatic heterocycles. The van der Waals surface area contributed by atoms with Gasteiger partial charge in [-0.1, -0.05) is 59.9 Å². The average Bonchev–Trinajstić information content (AvgIpc) is 3.44. The Balaban J connectivity index is 0.00000105. The van der Waals surface area contributed by atoms with Crippen LogP contribution in [0.3, 0.4) is 0 Å². The lowest BCUT2D eigenvalue weighted by Crippen LogP contribution is -3.00. The Bertz CT molecular complexity index is 1950. The highest BCUT2D eigenvalue weighted by Gasteiger charge is 2.15. The second-order valence-electron chi connectivity index (χ2n) is 10.4. The Morgan fingerprint density at radius 2 is 1.02 bits per heavy atom. The first-order valence-electron chi connectivity index (χ1n) is 14.7. The molecule has 234 valence electrons. The molecule has 0 saturated carbocycles. The van der Waals surface area contributed by atoms with Gasteiger partial charge in [-0.25, -0.2) is 0 Å². The van der Waals surface area contributed by atoms with Crippen molar-refractivity contribution in [2.75, 3.05) is 10.2 Å². The van der Waals surface area contributed by atoms with E-state index in [2.05, 4.69) is 136 Å². The largest absolute Gasteiger partial charge is 1.00 e. The molecule has 0 spiro atoms. The molecule has 0 radical (unpaired) electrons. The molecular weight excluding hydrogens is 754 g/mol. The normalized spacial score (nSPS) is 10.7. The minimum Gasteiger partial charge on any atom is -1.00 e. The van der Waals surface area contributed by atoms with Crippen molar-refractivity contribution < 1.29 is 28.5 Å². The molecule has 0 fully saturated rings. The minimum atomic E-state index is 0. The number of anilines is 3. The van der Waals surface area contributed by atoms with Crippen LogP contribution >= 0.6 is 34.5 Å². The molecule has 0 amide bonds. The summed E-state index contributed by atoms with van der Waals surface area (Å²) in [6.45, 7) is 0. The Morgan fingerprint density at radius 3 is 1.49 bits per heavy atom. The molecule has 3 aromatic heterocycles. The van der Waals surface area contributed by atoms with E-state index >= 15 is 0 Å². The van der Waals surface area contributed by atoms with Crippen molar-refractivity contribution in [3.05, 3.63) is 157 Å². The van der Waals surface area contributed by atoms with Crippen molar-refractivity contribution >= 4 is 74.0 Å². The maximum atomic E-state index is 4.76. The number of halogens is 3. The van der Waals surface area contributed by atoms with Crippen molar-refractivity contribution in [3.63, 3.8) is 0 Å². The fourth-order valence-electron chi connectivity index (χ4n) is 5.31. The number of para-hydroxylation sites is 1. The van der Waals surface area contributed by atoms with E-state index in [1.54, 1.807) is 11.3 Å². The first-order chi connectivity index (χ1) is 22.6. The Kier molecular flexibility index (Phi) is 12.1. The lowest BCUT2D eigenvalue weighted by atomic mass is 10.0. The SMILES string of the molecule is C[n+]1c(/C=C/c2ccc(N(c3ccc(-c4ccncc4)cc3)c3ccc(-c4ccncc4)cc3)cc2)sc2ccccc21.ClCCl.[I-]. The maximum Gasteiger partial charge on any atom is 0.262 e. The molecule has 4 aromatic carbocycles. The molecule has 3 heterocycles. The average molecular weight is 786 g/mol. The predicted octanol–water partition coefficient (Wildman–Crippen LogP) is 7.92. The summed E-state index contributed by atoms with van der Waals surface area (Å²) in [6, 6.07) is 42.8. The molecular formula is C39H31Cl2IN4S. The highest BCUT2D eigenvalue weighted by Crippen LogP contribution is 2.37. The monoisotopic (exact) mass is 784 g/mol. The topological polar surface area (TPSA) is 32.9 Å². The predicted molar refractivity (Wildman–Crippen MR) is 196 cm³/mol. The standard InChI is InChI=1S/C38H29N4S.CH2Cl2.HI/c1-41-36-4-2-3-5-37(36)43-38(41)19-8-28-6-13-33(14-7-28)42(34-15-9-29(10-16-34)31-20-24-39-25-21-31)35-17-11-30(12-18-35)32-22-26-40-27-23-32;2-1-3;/h2-27H,1H3;1H2;1H/q+1;;/p-1. The van der Waals surface area contributed by atoms with E-state index in [0.717, 1.165) is 44.9 Å². The summed E-state index contributed by atoms with van der Waals surface area (Å²) in [6.07, 6.45) is 11.7. The van der Waals surface area contributed by atoms with Crippen LogP contribution in [0.25, 0.3) is 44.6 Å². The molecule has 0 N–H and O–H groups in total. The number of pyridine rings is 2. The molecule has 7 aromatic rings. The van der Waals surface area contributed by atoms with E-state index in [9.17, 15) is 0 Å². The zero-order valence-electron chi connectivity index (χ0n) is 25.5. The van der Waals surface area contributed by atoms with Crippen LogP contribution in [0.2, 0.25) is 0 Å². The van der Waals surface area contributed by atoms with Gasteiger partial charge in [-0.2, -0.15) is 4.57 Å². The number of benzene rings is 4. The van der Waals surface area contributed by atoms with Crippen LogP contribution in [-0.2, 0) is 7.05 Å². The van der Waals surface area contributed by atoms with Gasteiger partial charge in [0.25, 0.3) is 5.01 Å². The van der Waals surface area contributed by atoms with Crippen LogP contribution < -0.4 is 33.4 Å². The zero-order valence-corrected chi connectivity index (χ0v) is 30.0. The lowest BCUT2D eigenvalue weighted by molar-refractivity contribution is -0.642. The highest BCUT2D eigenvalue weighted by atomic mass is 127. The number of nitrogens with zero attached hydrogens (tertiary/aromatic N) is 4. The van der Waals surface area contributed by atoms with Gasteiger partial charge in [-0.05, 0) is 101 Å². The molecule has 0 aliphatic rings. The van der Waals surface area contributed by atoms with E-state index in [-0.39, 0.29) is 29.3 Å². The summed E-state index contributed by atoms with van der Waals surface area (Å²) >= 11 is 11.3. The molecule has 7 rings (SSSR count). The second-order valence-corrected chi connectivity index (χ2v) is 12.3. The van der Waals surface area contributed by atoms with Crippen LogP contribution in [0.4, 0.5) is 17.1 Å². The maximum absolute atomic E-state index is 4.76. The molecule has 8 heteroatoms. The molecule has 0 bridgehead atoms. The smallest absolute Gasteiger partial charge is 0.262 e. The van der Waals surface area contributed by atoms with Crippen molar-refractivity contribution in [3.8, 4) is 22.3 Å². The fraction of sp³-hybridized carbons (Fsp3) is 0.0513. The van der Waals surface area contributed by atoms with E-state index in [1.807, 2.05) is 49.1 Å². The van der Waals surface area contributed by atoms with Gasteiger partial charge in [0.05, 0.1) is 5.34 Å². The Labute approximate surface area is 306 Å². The fourth-order valence-corrected chi connectivity index (χ4v) is 6.36. The van der Waals surface area contributed by atoms with E-state index in [4.69, 9.17) is 23.2 Å². The second kappa shape index (κ2) is 16.7. The summed E-state index contributed by atoms with van der Waals surface area (Å²) in [7, 11) is 2.12.